The van der Waals surface area contributed by atoms with Crippen molar-refractivity contribution in [2.45, 2.75) is 25.3 Å². The Kier molecular flexibility index (Phi) is 5.82. The Morgan fingerprint density at radius 3 is 2.62 bits per heavy atom. The van der Waals surface area contributed by atoms with Crippen molar-refractivity contribution in [3.05, 3.63) is 0 Å². The van der Waals surface area contributed by atoms with E-state index < -0.39 is 10.2 Å². The lowest BCUT2D eigenvalue weighted by atomic mass is 10.1. The zero-order valence-corrected chi connectivity index (χ0v) is 8.96. The zero-order chi connectivity index (χ0) is 9.03. The first-order valence-corrected chi connectivity index (χ1v) is 5.63. The number of nitrogens with two attached hydrogens (primary N) is 1. The van der Waals surface area contributed by atoms with Crippen LogP contribution in [-0.2, 0) is 10.2 Å². The fourth-order valence-corrected chi connectivity index (χ4v) is 1.75. The van der Waals surface area contributed by atoms with E-state index in [1.54, 1.807) is 0 Å². The minimum atomic E-state index is -3.51. The van der Waals surface area contributed by atoms with Gasteiger partial charge < -0.3 is 5.32 Å². The van der Waals surface area contributed by atoms with Gasteiger partial charge in [-0.2, -0.15) is 8.42 Å². The Bertz CT molecular complexity index is 226. The summed E-state index contributed by atoms with van der Waals surface area (Å²) in [6.07, 6.45) is 3.35. The summed E-state index contributed by atoms with van der Waals surface area (Å²) < 4.78 is 23.3. The van der Waals surface area contributed by atoms with E-state index in [1.807, 2.05) is 0 Å². The Balaban J connectivity index is 0.00000144. The third-order valence-electron chi connectivity index (χ3n) is 1.94. The zero-order valence-electron chi connectivity index (χ0n) is 7.32. The summed E-state index contributed by atoms with van der Waals surface area (Å²) in [5.41, 5.74) is 0. The smallest absolute Gasteiger partial charge is 0.274 e. The highest BCUT2D eigenvalue weighted by Gasteiger charge is 2.13. The minimum absolute atomic E-state index is 0. The summed E-state index contributed by atoms with van der Waals surface area (Å²) in [5.74, 6) is 0. The van der Waals surface area contributed by atoms with Crippen LogP contribution < -0.4 is 15.2 Å². The van der Waals surface area contributed by atoms with Gasteiger partial charge in [0.15, 0.2) is 0 Å². The number of halogens is 1. The van der Waals surface area contributed by atoms with Gasteiger partial charge in [0.1, 0.15) is 0 Å². The second-order valence-electron chi connectivity index (χ2n) is 3.04. The first-order chi connectivity index (χ1) is 5.58. The highest BCUT2D eigenvalue weighted by atomic mass is 35.5. The number of piperidine rings is 1. The molecule has 0 radical (unpaired) electrons. The van der Waals surface area contributed by atoms with Crippen LogP contribution in [0.3, 0.4) is 0 Å². The largest absolute Gasteiger partial charge is 0.313 e. The summed E-state index contributed by atoms with van der Waals surface area (Å²) in [6.45, 7) is 1.37. The maximum atomic E-state index is 10.5. The van der Waals surface area contributed by atoms with Gasteiger partial charge in [0.25, 0.3) is 10.2 Å². The monoisotopic (exact) mass is 229 g/mol. The molecule has 0 amide bonds. The molecule has 0 bridgehead atoms. The molecule has 0 aliphatic carbocycles. The van der Waals surface area contributed by atoms with E-state index >= 15 is 0 Å². The Hall–Kier alpha value is 0.120. The van der Waals surface area contributed by atoms with Crippen molar-refractivity contribution in [2.75, 3.05) is 13.1 Å². The third-order valence-corrected chi connectivity index (χ3v) is 2.51. The molecule has 0 saturated carbocycles. The molecule has 1 aliphatic heterocycles. The number of nitrogens with one attached hydrogen (secondary N) is 2. The molecule has 1 rings (SSSR count). The van der Waals surface area contributed by atoms with Crippen LogP contribution >= 0.6 is 12.4 Å². The van der Waals surface area contributed by atoms with E-state index in [-0.39, 0.29) is 18.4 Å². The van der Waals surface area contributed by atoms with Crippen molar-refractivity contribution in [3.8, 4) is 0 Å². The molecule has 4 N–H and O–H groups in total. The van der Waals surface area contributed by atoms with Crippen LogP contribution in [0.2, 0.25) is 0 Å². The summed E-state index contributed by atoms with van der Waals surface area (Å²) in [6, 6.07) is 0.247. The lowest BCUT2D eigenvalue weighted by molar-refractivity contribution is 0.398. The molecule has 13 heavy (non-hydrogen) atoms. The third kappa shape index (κ3) is 6.23. The maximum absolute atomic E-state index is 10.5. The molecule has 1 saturated heterocycles. The number of rotatable bonds is 3. The van der Waals surface area contributed by atoms with E-state index in [1.165, 1.54) is 6.42 Å². The highest BCUT2D eigenvalue weighted by Crippen LogP contribution is 2.05. The molecule has 1 heterocycles. The average molecular weight is 230 g/mol. The van der Waals surface area contributed by atoms with Gasteiger partial charge in [-0.25, -0.2) is 9.86 Å². The molecular formula is C6H16ClN3O2S. The van der Waals surface area contributed by atoms with Gasteiger partial charge in [0.2, 0.25) is 0 Å². The minimum Gasteiger partial charge on any atom is -0.313 e. The maximum Gasteiger partial charge on any atom is 0.274 e. The van der Waals surface area contributed by atoms with Crippen LogP contribution in [0.5, 0.6) is 0 Å². The van der Waals surface area contributed by atoms with Crippen LogP contribution in [-0.4, -0.2) is 27.5 Å². The van der Waals surface area contributed by atoms with Crippen LogP contribution in [0, 0.1) is 0 Å². The molecule has 0 aromatic heterocycles. The molecule has 0 aromatic carbocycles. The first-order valence-electron chi connectivity index (χ1n) is 4.09. The van der Waals surface area contributed by atoms with Crippen molar-refractivity contribution in [1.82, 2.24) is 10.0 Å². The molecule has 80 valence electrons. The first kappa shape index (κ1) is 13.1. The quantitative estimate of drug-likeness (QED) is 0.601. The van der Waals surface area contributed by atoms with E-state index in [0.29, 0.717) is 6.54 Å². The fraction of sp³-hybridized carbons (Fsp3) is 1.00. The molecule has 1 fully saturated rings. The Morgan fingerprint density at radius 2 is 2.15 bits per heavy atom. The molecule has 1 atom stereocenters. The summed E-state index contributed by atoms with van der Waals surface area (Å²) >= 11 is 0. The van der Waals surface area contributed by atoms with Gasteiger partial charge >= 0.3 is 0 Å². The van der Waals surface area contributed by atoms with Crippen molar-refractivity contribution in [2.24, 2.45) is 5.14 Å². The van der Waals surface area contributed by atoms with Crippen LogP contribution in [0.1, 0.15) is 19.3 Å². The molecule has 1 unspecified atom stereocenters. The highest BCUT2D eigenvalue weighted by molar-refractivity contribution is 7.87. The standard InChI is InChI=1S/C6H15N3O2S.ClH/c7-12(10,11)9-5-6-3-1-2-4-8-6;/h6,8-9H,1-5H2,(H2,7,10,11);1H. The molecule has 0 aromatic rings. The van der Waals surface area contributed by atoms with E-state index in [9.17, 15) is 8.42 Å². The Labute approximate surface area is 85.0 Å². The second kappa shape index (κ2) is 5.77. The fourth-order valence-electron chi connectivity index (χ4n) is 1.31. The molecule has 1 aliphatic rings. The lowest BCUT2D eigenvalue weighted by Gasteiger charge is -2.22. The van der Waals surface area contributed by atoms with Gasteiger partial charge in [0, 0.05) is 12.6 Å². The number of hydrogen-bond acceptors (Lipinski definition) is 3. The summed E-state index contributed by atoms with van der Waals surface area (Å²) in [5, 5.41) is 8.00. The van der Waals surface area contributed by atoms with Gasteiger partial charge in [0.05, 0.1) is 0 Å². The molecular weight excluding hydrogens is 214 g/mol. The predicted molar refractivity (Wildman–Crippen MR) is 54.0 cm³/mol. The lowest BCUT2D eigenvalue weighted by Crippen LogP contribution is -2.45. The van der Waals surface area contributed by atoms with E-state index in [0.717, 1.165) is 19.4 Å². The molecule has 7 heteroatoms. The van der Waals surface area contributed by atoms with Crippen LogP contribution in [0.15, 0.2) is 0 Å². The van der Waals surface area contributed by atoms with Crippen molar-refractivity contribution in [3.63, 3.8) is 0 Å². The van der Waals surface area contributed by atoms with Gasteiger partial charge in [-0.1, -0.05) is 6.42 Å². The molecule has 0 spiro atoms. The normalized spacial score (nSPS) is 23.6. The summed E-state index contributed by atoms with van der Waals surface area (Å²) in [7, 11) is -3.51. The topological polar surface area (TPSA) is 84.2 Å². The van der Waals surface area contributed by atoms with Crippen molar-refractivity contribution < 1.29 is 8.42 Å². The van der Waals surface area contributed by atoms with Gasteiger partial charge in [-0.05, 0) is 19.4 Å². The number of hydrogen-bond donors (Lipinski definition) is 3. The van der Waals surface area contributed by atoms with Crippen LogP contribution in [0.25, 0.3) is 0 Å². The average Bonchev–Trinajstić information content (AvgIpc) is 2.02. The van der Waals surface area contributed by atoms with Crippen LogP contribution in [0.4, 0.5) is 0 Å². The van der Waals surface area contributed by atoms with Crippen molar-refractivity contribution in [1.29, 1.82) is 0 Å². The predicted octanol–water partition coefficient (Wildman–Crippen LogP) is -0.657. The SMILES string of the molecule is Cl.NS(=O)(=O)NCC1CCCCN1. The summed E-state index contributed by atoms with van der Waals surface area (Å²) in [4.78, 5) is 0. The van der Waals surface area contributed by atoms with E-state index in [4.69, 9.17) is 5.14 Å². The Morgan fingerprint density at radius 1 is 1.46 bits per heavy atom. The van der Waals surface area contributed by atoms with Gasteiger partial charge in [-0.15, -0.1) is 12.4 Å². The second-order valence-corrected chi connectivity index (χ2v) is 4.42. The van der Waals surface area contributed by atoms with Crippen molar-refractivity contribution >= 4 is 22.6 Å². The van der Waals surface area contributed by atoms with E-state index in [2.05, 4.69) is 10.0 Å². The van der Waals surface area contributed by atoms with Gasteiger partial charge in [-0.3, -0.25) is 0 Å². The molecule has 5 nitrogen and oxygen atoms in total.